The van der Waals surface area contributed by atoms with E-state index in [9.17, 15) is 4.79 Å². The summed E-state index contributed by atoms with van der Waals surface area (Å²) in [5, 5.41) is 4.72. The topological polar surface area (TPSA) is 94.3 Å². The summed E-state index contributed by atoms with van der Waals surface area (Å²) in [6.45, 7) is 0. The van der Waals surface area contributed by atoms with Crippen LogP contribution in [0.1, 0.15) is 25.7 Å². The zero-order valence-electron chi connectivity index (χ0n) is 16.4. The van der Waals surface area contributed by atoms with E-state index in [2.05, 4.69) is 49.5 Å². The van der Waals surface area contributed by atoms with Gasteiger partial charge in [-0.2, -0.15) is 0 Å². The minimum absolute atomic E-state index is 0.154. The number of aromatic nitrogens is 5. The third-order valence-electron chi connectivity index (χ3n) is 6.09. The molecule has 4 N–H and O–H groups in total. The van der Waals surface area contributed by atoms with E-state index in [-0.39, 0.29) is 5.69 Å². The number of hydrogen-bond donors (Lipinski definition) is 4. The molecule has 0 atom stereocenters. The first-order chi connectivity index (χ1) is 14.8. The van der Waals surface area contributed by atoms with E-state index in [4.69, 9.17) is 0 Å². The average molecular weight is 398 g/mol. The fraction of sp³-hybridized carbons (Fsp3) is 0.217. The minimum Gasteiger partial charge on any atom is -0.367 e. The average Bonchev–Trinajstić information content (AvgIpc) is 3.54. The molecule has 30 heavy (non-hydrogen) atoms. The fourth-order valence-electron chi connectivity index (χ4n) is 4.60. The molecule has 7 nitrogen and oxygen atoms in total. The summed E-state index contributed by atoms with van der Waals surface area (Å²) < 4.78 is 1.76. The maximum atomic E-state index is 13.1. The summed E-state index contributed by atoms with van der Waals surface area (Å²) in [5.41, 5.74) is 5.35. The number of benzene rings is 2. The van der Waals surface area contributed by atoms with Crippen molar-refractivity contribution in [2.45, 2.75) is 31.7 Å². The molecule has 0 aliphatic heterocycles. The summed E-state index contributed by atoms with van der Waals surface area (Å²) in [6.07, 6.45) is 8.31. The second-order valence-electron chi connectivity index (χ2n) is 8.00. The van der Waals surface area contributed by atoms with Crippen molar-refractivity contribution >= 4 is 27.8 Å². The van der Waals surface area contributed by atoms with Crippen LogP contribution in [-0.4, -0.2) is 30.5 Å². The Morgan fingerprint density at radius 1 is 1.00 bits per heavy atom. The van der Waals surface area contributed by atoms with Crippen LogP contribution in [-0.2, 0) is 0 Å². The zero-order chi connectivity index (χ0) is 20.1. The van der Waals surface area contributed by atoms with Gasteiger partial charge in [-0.15, -0.1) is 0 Å². The number of aromatic amines is 3. The molecule has 0 amide bonds. The lowest BCUT2D eigenvalue weighted by atomic mass is 10.1. The summed E-state index contributed by atoms with van der Waals surface area (Å²) in [7, 11) is 0. The molecule has 2 aromatic carbocycles. The molecule has 0 unspecified atom stereocenters. The number of nitrogens with zero attached hydrogens (tertiary/aromatic N) is 2. The van der Waals surface area contributed by atoms with Crippen LogP contribution < -0.4 is 11.0 Å². The molecule has 0 radical (unpaired) electrons. The van der Waals surface area contributed by atoms with Crippen molar-refractivity contribution in [2.75, 3.05) is 5.32 Å². The highest BCUT2D eigenvalue weighted by Crippen LogP contribution is 2.33. The summed E-state index contributed by atoms with van der Waals surface area (Å²) in [4.78, 5) is 26.9. The van der Waals surface area contributed by atoms with Crippen molar-refractivity contribution in [3.63, 3.8) is 0 Å². The van der Waals surface area contributed by atoms with Crippen LogP contribution in [0.3, 0.4) is 0 Å². The van der Waals surface area contributed by atoms with Crippen molar-refractivity contribution < 1.29 is 0 Å². The Bertz CT molecular complexity index is 1410. The lowest BCUT2D eigenvalue weighted by molar-refractivity contribution is 0.751. The van der Waals surface area contributed by atoms with E-state index in [1.807, 2.05) is 24.4 Å². The molecule has 1 aliphatic rings. The minimum atomic E-state index is -0.154. The molecule has 5 aromatic rings. The van der Waals surface area contributed by atoms with E-state index in [1.54, 1.807) is 10.9 Å². The molecule has 1 fully saturated rings. The number of imidazole rings is 2. The van der Waals surface area contributed by atoms with Gasteiger partial charge in [-0.3, -0.25) is 9.55 Å². The van der Waals surface area contributed by atoms with E-state index < -0.39 is 0 Å². The van der Waals surface area contributed by atoms with Crippen molar-refractivity contribution in [1.29, 1.82) is 0 Å². The largest absolute Gasteiger partial charge is 0.367 e. The zero-order valence-corrected chi connectivity index (χ0v) is 16.4. The van der Waals surface area contributed by atoms with Gasteiger partial charge in [0, 0.05) is 28.7 Å². The molecule has 1 saturated carbocycles. The van der Waals surface area contributed by atoms with Crippen LogP contribution in [0.4, 0.5) is 5.82 Å². The van der Waals surface area contributed by atoms with Gasteiger partial charge < -0.3 is 15.3 Å². The molecule has 150 valence electrons. The molecule has 3 heterocycles. The van der Waals surface area contributed by atoms with E-state index in [0.717, 1.165) is 57.5 Å². The molecule has 3 aromatic heterocycles. The predicted molar refractivity (Wildman–Crippen MR) is 119 cm³/mol. The standard InChI is InChI=1S/C23H22N6O/c30-23-28-22(27-16-3-1-2-4-16)21(15-5-7-18-14(11-15)9-10-24-18)29(23)17-6-8-19-20(12-17)26-13-25-19/h5-13,16,24,27H,1-4H2,(H,25,26)(H,28,30). The van der Waals surface area contributed by atoms with Crippen LogP contribution >= 0.6 is 0 Å². The molecule has 7 heteroatoms. The van der Waals surface area contributed by atoms with Crippen molar-refractivity contribution in [3.05, 3.63) is 65.5 Å². The van der Waals surface area contributed by atoms with Gasteiger partial charge in [0.15, 0.2) is 0 Å². The van der Waals surface area contributed by atoms with Gasteiger partial charge in [-0.1, -0.05) is 18.9 Å². The van der Waals surface area contributed by atoms with Crippen molar-refractivity contribution in [2.24, 2.45) is 0 Å². The van der Waals surface area contributed by atoms with Crippen LogP contribution in [0.2, 0.25) is 0 Å². The van der Waals surface area contributed by atoms with Gasteiger partial charge in [0.1, 0.15) is 5.82 Å². The van der Waals surface area contributed by atoms with Gasteiger partial charge in [0.25, 0.3) is 0 Å². The first kappa shape index (κ1) is 17.1. The highest BCUT2D eigenvalue weighted by atomic mass is 16.1. The fourth-order valence-corrected chi connectivity index (χ4v) is 4.60. The Hall–Kier alpha value is -3.74. The van der Waals surface area contributed by atoms with Crippen LogP contribution in [0.15, 0.2) is 59.8 Å². The number of anilines is 1. The third-order valence-corrected chi connectivity index (χ3v) is 6.09. The normalized spacial score (nSPS) is 14.8. The van der Waals surface area contributed by atoms with Gasteiger partial charge >= 0.3 is 5.69 Å². The van der Waals surface area contributed by atoms with Crippen molar-refractivity contribution in [3.8, 4) is 16.9 Å². The Labute approximate surface area is 172 Å². The number of nitrogens with one attached hydrogen (secondary N) is 4. The molecule has 0 spiro atoms. The van der Waals surface area contributed by atoms with Gasteiger partial charge in [-0.05, 0) is 49.2 Å². The van der Waals surface area contributed by atoms with Gasteiger partial charge in [0.2, 0.25) is 0 Å². The first-order valence-corrected chi connectivity index (χ1v) is 10.4. The smallest absolute Gasteiger partial charge is 0.332 e. The Kier molecular flexibility index (Phi) is 3.80. The van der Waals surface area contributed by atoms with Gasteiger partial charge in [-0.25, -0.2) is 9.78 Å². The first-order valence-electron chi connectivity index (χ1n) is 10.4. The third kappa shape index (κ3) is 2.74. The quantitative estimate of drug-likeness (QED) is 0.358. The van der Waals surface area contributed by atoms with E-state index in [0.29, 0.717) is 6.04 Å². The lowest BCUT2D eigenvalue weighted by Crippen LogP contribution is -2.16. The van der Waals surface area contributed by atoms with Crippen LogP contribution in [0.25, 0.3) is 38.9 Å². The Morgan fingerprint density at radius 2 is 1.90 bits per heavy atom. The molecular formula is C23H22N6O. The Morgan fingerprint density at radius 3 is 2.80 bits per heavy atom. The van der Waals surface area contributed by atoms with E-state index in [1.165, 1.54) is 12.8 Å². The predicted octanol–water partition coefficient (Wildman–Crippen LogP) is 4.54. The summed E-state index contributed by atoms with van der Waals surface area (Å²) in [5.74, 6) is 0.784. The molecule has 1 aliphatic carbocycles. The van der Waals surface area contributed by atoms with Crippen LogP contribution in [0.5, 0.6) is 0 Å². The monoisotopic (exact) mass is 398 g/mol. The maximum absolute atomic E-state index is 13.1. The highest BCUT2D eigenvalue weighted by Gasteiger charge is 2.22. The van der Waals surface area contributed by atoms with Crippen LogP contribution in [0, 0.1) is 0 Å². The second kappa shape index (κ2) is 6.66. The summed E-state index contributed by atoms with van der Waals surface area (Å²) in [6, 6.07) is 14.5. The lowest BCUT2D eigenvalue weighted by Gasteiger charge is -2.15. The number of rotatable bonds is 4. The maximum Gasteiger partial charge on any atom is 0.332 e. The molecule has 0 bridgehead atoms. The molecular weight excluding hydrogens is 376 g/mol. The Balaban J connectivity index is 1.57. The molecule has 6 rings (SSSR count). The number of hydrogen-bond acceptors (Lipinski definition) is 3. The SMILES string of the molecule is O=c1[nH]c(NC2CCCC2)c(-c2ccc3[nH]ccc3c2)n1-c1ccc2nc[nH]c2c1. The summed E-state index contributed by atoms with van der Waals surface area (Å²) >= 11 is 0. The van der Waals surface area contributed by atoms with Gasteiger partial charge in [0.05, 0.1) is 28.7 Å². The second-order valence-corrected chi connectivity index (χ2v) is 8.00. The number of fused-ring (bicyclic) bond motifs is 2. The highest BCUT2D eigenvalue weighted by molar-refractivity contribution is 5.87. The van der Waals surface area contributed by atoms with E-state index >= 15 is 0 Å². The molecule has 0 saturated heterocycles. The van der Waals surface area contributed by atoms with Crippen molar-refractivity contribution in [1.82, 2.24) is 24.5 Å². The number of H-pyrrole nitrogens is 3.